The Labute approximate surface area is 111 Å². The Morgan fingerprint density at radius 1 is 1.24 bits per heavy atom. The third-order valence-corrected chi connectivity index (χ3v) is 3.31. The fourth-order valence-corrected chi connectivity index (χ4v) is 1.95. The first-order valence-corrected chi connectivity index (χ1v) is 6.23. The molecule has 0 aliphatic heterocycles. The van der Waals surface area contributed by atoms with Crippen LogP contribution in [0.4, 0.5) is 0 Å². The number of hydrogen-bond acceptors (Lipinski definition) is 2. The molecule has 2 rings (SSSR count). The number of fused-ring (bicyclic) bond motifs is 1. The monoisotopic (exact) mass is 271 g/mol. The van der Waals surface area contributed by atoms with Crippen LogP contribution in [0.25, 0.3) is 11.0 Å². The Kier molecular flexibility index (Phi) is 3.39. The molecule has 0 atom stereocenters. The molecule has 0 aliphatic rings. The molecule has 2 nitrogen and oxygen atoms in total. The van der Waals surface area contributed by atoms with Crippen molar-refractivity contribution in [2.75, 3.05) is 0 Å². The van der Waals surface area contributed by atoms with Crippen LogP contribution >= 0.6 is 23.2 Å². The summed E-state index contributed by atoms with van der Waals surface area (Å²) in [6.07, 6.45) is 1.73. The van der Waals surface area contributed by atoms with Gasteiger partial charge >= 0.3 is 0 Å². The van der Waals surface area contributed by atoms with Crippen LogP contribution in [0.3, 0.4) is 0 Å². The van der Waals surface area contributed by atoms with Gasteiger partial charge in [0, 0.05) is 23.0 Å². The van der Waals surface area contributed by atoms with Crippen molar-refractivity contribution in [3.63, 3.8) is 0 Å². The lowest BCUT2D eigenvalue weighted by molar-refractivity contribution is 0.423. The Bertz CT molecular complexity index is 540. The van der Waals surface area contributed by atoms with Crippen molar-refractivity contribution in [2.45, 2.75) is 32.9 Å². The van der Waals surface area contributed by atoms with E-state index in [0.717, 1.165) is 17.5 Å². The lowest BCUT2D eigenvalue weighted by Crippen LogP contribution is -2.34. The molecule has 92 valence electrons. The van der Waals surface area contributed by atoms with Crippen LogP contribution in [-0.4, -0.2) is 5.54 Å². The van der Waals surface area contributed by atoms with Gasteiger partial charge in [-0.3, -0.25) is 0 Å². The molecular weight excluding hydrogens is 257 g/mol. The van der Waals surface area contributed by atoms with E-state index in [2.05, 4.69) is 26.1 Å². The zero-order chi connectivity index (χ0) is 12.6. The summed E-state index contributed by atoms with van der Waals surface area (Å²) < 4.78 is 5.47. The molecule has 1 N–H and O–H groups in total. The summed E-state index contributed by atoms with van der Waals surface area (Å²) >= 11 is 12.0. The van der Waals surface area contributed by atoms with Gasteiger partial charge in [0.1, 0.15) is 5.02 Å². The van der Waals surface area contributed by atoms with E-state index >= 15 is 0 Å². The fourth-order valence-electron chi connectivity index (χ4n) is 1.59. The zero-order valence-corrected chi connectivity index (χ0v) is 11.6. The maximum atomic E-state index is 6.08. The van der Waals surface area contributed by atoms with Crippen molar-refractivity contribution in [1.29, 1.82) is 0 Å². The summed E-state index contributed by atoms with van der Waals surface area (Å²) in [6, 6.07) is 3.73. The molecule has 0 bridgehead atoms. The lowest BCUT2D eigenvalue weighted by atomic mass is 10.1. The molecule has 17 heavy (non-hydrogen) atoms. The third-order valence-electron chi connectivity index (χ3n) is 2.52. The van der Waals surface area contributed by atoms with Gasteiger partial charge < -0.3 is 9.73 Å². The van der Waals surface area contributed by atoms with E-state index in [-0.39, 0.29) is 5.54 Å². The van der Waals surface area contributed by atoms with Gasteiger partial charge in [-0.2, -0.15) is 0 Å². The van der Waals surface area contributed by atoms with Crippen molar-refractivity contribution < 1.29 is 4.42 Å². The standard InChI is InChI=1S/C13H15Cl2NO/c1-13(2,3)16-6-8-7-17-12-9(8)4-5-10(14)11(12)15/h4-5,7,16H,6H2,1-3H3. The number of halogens is 2. The van der Waals surface area contributed by atoms with Crippen LogP contribution in [-0.2, 0) is 6.54 Å². The predicted octanol–water partition coefficient (Wildman–Crippen LogP) is 4.63. The molecule has 1 heterocycles. The van der Waals surface area contributed by atoms with Crippen LogP contribution < -0.4 is 5.32 Å². The Morgan fingerprint density at radius 3 is 2.59 bits per heavy atom. The summed E-state index contributed by atoms with van der Waals surface area (Å²) in [4.78, 5) is 0. The summed E-state index contributed by atoms with van der Waals surface area (Å²) in [5.74, 6) is 0. The van der Waals surface area contributed by atoms with Crippen LogP contribution in [0.5, 0.6) is 0 Å². The molecule has 1 aromatic heterocycles. The van der Waals surface area contributed by atoms with Gasteiger partial charge in [-0.25, -0.2) is 0 Å². The van der Waals surface area contributed by atoms with E-state index in [0.29, 0.717) is 15.6 Å². The second-order valence-corrected chi connectivity index (χ2v) is 5.89. The Hall–Kier alpha value is -0.700. The second-order valence-electron chi connectivity index (χ2n) is 5.10. The van der Waals surface area contributed by atoms with Crippen molar-refractivity contribution in [3.05, 3.63) is 34.0 Å². The van der Waals surface area contributed by atoms with E-state index in [9.17, 15) is 0 Å². The Balaban J connectivity index is 2.34. The lowest BCUT2D eigenvalue weighted by Gasteiger charge is -2.19. The molecular formula is C13H15Cl2NO. The maximum absolute atomic E-state index is 6.08. The minimum atomic E-state index is 0.0693. The number of nitrogens with one attached hydrogen (secondary N) is 1. The second kappa shape index (κ2) is 4.52. The van der Waals surface area contributed by atoms with Gasteiger partial charge in [-0.05, 0) is 32.9 Å². The van der Waals surface area contributed by atoms with Gasteiger partial charge in [-0.1, -0.05) is 23.2 Å². The molecule has 0 radical (unpaired) electrons. The molecule has 4 heteroatoms. The first-order chi connectivity index (χ1) is 7.88. The highest BCUT2D eigenvalue weighted by Crippen LogP contribution is 2.33. The van der Waals surface area contributed by atoms with E-state index in [4.69, 9.17) is 27.6 Å². The summed E-state index contributed by atoms with van der Waals surface area (Å²) in [5, 5.41) is 5.42. The van der Waals surface area contributed by atoms with Crippen molar-refractivity contribution in [2.24, 2.45) is 0 Å². The molecule has 0 saturated heterocycles. The first-order valence-electron chi connectivity index (χ1n) is 5.47. The number of furan rings is 1. The SMILES string of the molecule is CC(C)(C)NCc1coc2c(Cl)c(Cl)ccc12. The number of hydrogen-bond donors (Lipinski definition) is 1. The van der Waals surface area contributed by atoms with Crippen LogP contribution in [0.15, 0.2) is 22.8 Å². The summed E-state index contributed by atoms with van der Waals surface area (Å²) in [6.45, 7) is 7.12. The largest absolute Gasteiger partial charge is 0.462 e. The van der Waals surface area contributed by atoms with Crippen LogP contribution in [0.2, 0.25) is 10.0 Å². The van der Waals surface area contributed by atoms with Crippen LogP contribution in [0.1, 0.15) is 26.3 Å². The van der Waals surface area contributed by atoms with E-state index in [1.54, 1.807) is 12.3 Å². The minimum Gasteiger partial charge on any atom is -0.462 e. The number of benzene rings is 1. The predicted molar refractivity (Wildman–Crippen MR) is 72.8 cm³/mol. The highest BCUT2D eigenvalue weighted by molar-refractivity contribution is 6.44. The van der Waals surface area contributed by atoms with Gasteiger partial charge in [0.2, 0.25) is 0 Å². The average molecular weight is 272 g/mol. The molecule has 0 aliphatic carbocycles. The maximum Gasteiger partial charge on any atom is 0.154 e. The summed E-state index contributed by atoms with van der Waals surface area (Å²) in [5.41, 5.74) is 1.82. The van der Waals surface area contributed by atoms with E-state index in [1.165, 1.54) is 0 Å². The Morgan fingerprint density at radius 2 is 1.94 bits per heavy atom. The fraction of sp³-hybridized carbons (Fsp3) is 0.385. The quantitative estimate of drug-likeness (QED) is 0.862. The molecule has 0 unspecified atom stereocenters. The van der Waals surface area contributed by atoms with Gasteiger partial charge in [0.05, 0.1) is 11.3 Å². The average Bonchev–Trinajstić information content (AvgIpc) is 2.63. The molecule has 0 fully saturated rings. The molecule has 2 aromatic rings. The van der Waals surface area contributed by atoms with Gasteiger partial charge in [-0.15, -0.1) is 0 Å². The van der Waals surface area contributed by atoms with Gasteiger partial charge in [0.15, 0.2) is 5.58 Å². The highest BCUT2D eigenvalue weighted by Gasteiger charge is 2.14. The van der Waals surface area contributed by atoms with E-state index in [1.807, 2.05) is 6.07 Å². The smallest absolute Gasteiger partial charge is 0.154 e. The third kappa shape index (κ3) is 2.76. The minimum absolute atomic E-state index is 0.0693. The van der Waals surface area contributed by atoms with E-state index < -0.39 is 0 Å². The zero-order valence-electron chi connectivity index (χ0n) is 10.1. The molecule has 1 aromatic carbocycles. The topological polar surface area (TPSA) is 25.2 Å². The molecule has 0 amide bonds. The number of rotatable bonds is 2. The molecule has 0 saturated carbocycles. The molecule has 0 spiro atoms. The van der Waals surface area contributed by atoms with Crippen molar-refractivity contribution in [3.8, 4) is 0 Å². The van der Waals surface area contributed by atoms with Crippen molar-refractivity contribution >= 4 is 34.2 Å². The van der Waals surface area contributed by atoms with Gasteiger partial charge in [0.25, 0.3) is 0 Å². The highest BCUT2D eigenvalue weighted by atomic mass is 35.5. The first kappa shape index (κ1) is 12.7. The normalized spacial score (nSPS) is 12.3. The van der Waals surface area contributed by atoms with Crippen LogP contribution in [0, 0.1) is 0 Å². The van der Waals surface area contributed by atoms with Crippen molar-refractivity contribution in [1.82, 2.24) is 5.32 Å². The summed E-state index contributed by atoms with van der Waals surface area (Å²) in [7, 11) is 0.